The van der Waals surface area contributed by atoms with Gasteiger partial charge in [-0.15, -0.1) is 0 Å². The molecule has 0 aliphatic carbocycles. The number of nitrogens with zero attached hydrogens (tertiary/aromatic N) is 4. The second-order valence-electron chi connectivity index (χ2n) is 7.60. The molecule has 9 heteroatoms. The van der Waals surface area contributed by atoms with Crippen molar-refractivity contribution in [2.45, 2.75) is 13.0 Å². The number of aromatic amines is 2. The zero-order valence-electron chi connectivity index (χ0n) is 16.7. The van der Waals surface area contributed by atoms with Crippen molar-refractivity contribution in [2.75, 3.05) is 32.8 Å². The Morgan fingerprint density at radius 2 is 2.03 bits per heavy atom. The molecule has 1 fully saturated rings. The van der Waals surface area contributed by atoms with Gasteiger partial charge < -0.3 is 15.0 Å². The van der Waals surface area contributed by atoms with Crippen LogP contribution in [0.5, 0.6) is 0 Å². The summed E-state index contributed by atoms with van der Waals surface area (Å²) in [5, 5.41) is 11.5. The van der Waals surface area contributed by atoms with E-state index in [1.807, 2.05) is 31.2 Å². The molecule has 1 aromatic carbocycles. The number of carbonyl (C=O) groups excluding carboxylic acids is 1. The SMILES string of the molecule is C[C@H](CN1CCOCC1)NC(=O)c1nc2cc3c(-c4ccncc4)n[nH]c3cc2[nH]1. The zero-order chi connectivity index (χ0) is 20.5. The Bertz CT molecular complexity index is 1180. The number of H-pyrrole nitrogens is 2. The molecule has 4 aromatic rings. The lowest BCUT2D eigenvalue weighted by atomic mass is 10.1. The quantitative estimate of drug-likeness (QED) is 0.468. The molecule has 3 aromatic heterocycles. The molecule has 1 aliphatic heterocycles. The third kappa shape index (κ3) is 3.64. The molecule has 0 spiro atoms. The van der Waals surface area contributed by atoms with E-state index in [9.17, 15) is 4.79 Å². The van der Waals surface area contributed by atoms with Crippen molar-refractivity contribution in [3.05, 3.63) is 42.5 Å². The maximum Gasteiger partial charge on any atom is 0.287 e. The minimum atomic E-state index is -0.205. The Hall–Kier alpha value is -3.30. The summed E-state index contributed by atoms with van der Waals surface area (Å²) in [4.78, 5) is 26.7. The molecule has 0 bridgehead atoms. The molecule has 1 saturated heterocycles. The second kappa shape index (κ2) is 7.85. The number of morpholine rings is 1. The minimum absolute atomic E-state index is 0.0147. The number of hydrogen-bond acceptors (Lipinski definition) is 6. The number of fused-ring (bicyclic) bond motifs is 2. The molecule has 4 heterocycles. The van der Waals surface area contributed by atoms with Crippen LogP contribution in [-0.4, -0.2) is 74.8 Å². The molecule has 1 atom stereocenters. The molecule has 3 N–H and O–H groups in total. The van der Waals surface area contributed by atoms with Gasteiger partial charge in [-0.1, -0.05) is 0 Å². The summed E-state index contributed by atoms with van der Waals surface area (Å²) < 4.78 is 5.37. The fraction of sp³-hybridized carbons (Fsp3) is 0.333. The number of ether oxygens (including phenoxy) is 1. The monoisotopic (exact) mass is 405 g/mol. The van der Waals surface area contributed by atoms with E-state index in [0.29, 0.717) is 5.82 Å². The van der Waals surface area contributed by atoms with Crippen LogP contribution in [0.1, 0.15) is 17.5 Å². The van der Waals surface area contributed by atoms with Gasteiger partial charge in [0.15, 0.2) is 5.82 Å². The van der Waals surface area contributed by atoms with Crippen molar-refractivity contribution in [3.8, 4) is 11.3 Å². The summed E-state index contributed by atoms with van der Waals surface area (Å²) in [6.45, 7) is 6.07. The summed E-state index contributed by atoms with van der Waals surface area (Å²) in [6.07, 6.45) is 3.48. The Morgan fingerprint density at radius 3 is 2.83 bits per heavy atom. The maximum absolute atomic E-state index is 12.7. The van der Waals surface area contributed by atoms with Crippen LogP contribution in [0.4, 0.5) is 0 Å². The van der Waals surface area contributed by atoms with E-state index in [1.54, 1.807) is 12.4 Å². The number of imidazole rings is 1. The van der Waals surface area contributed by atoms with E-state index < -0.39 is 0 Å². The standard InChI is InChI=1S/C21H23N7O2/c1-13(12-28-6-8-30-9-7-28)23-21(29)20-24-17-10-15-16(11-18(17)25-20)26-27-19(15)14-2-4-22-5-3-14/h2-5,10-11,13H,6-9,12H2,1H3,(H,23,29)(H,24,25)(H,26,27)/t13-/m1/s1. The number of hydrogen-bond donors (Lipinski definition) is 3. The van der Waals surface area contributed by atoms with E-state index in [-0.39, 0.29) is 11.9 Å². The van der Waals surface area contributed by atoms with Gasteiger partial charge in [-0.2, -0.15) is 5.10 Å². The maximum atomic E-state index is 12.7. The molecule has 5 rings (SSSR count). The summed E-state index contributed by atoms with van der Waals surface area (Å²) in [5.74, 6) is 0.105. The van der Waals surface area contributed by atoms with Crippen molar-refractivity contribution in [2.24, 2.45) is 0 Å². The van der Waals surface area contributed by atoms with Crippen LogP contribution in [0.3, 0.4) is 0 Å². The van der Waals surface area contributed by atoms with Gasteiger partial charge in [0.25, 0.3) is 5.91 Å². The van der Waals surface area contributed by atoms with Gasteiger partial charge in [-0.05, 0) is 31.2 Å². The third-order valence-corrected chi connectivity index (χ3v) is 5.35. The van der Waals surface area contributed by atoms with Gasteiger partial charge in [0.05, 0.1) is 29.8 Å². The van der Waals surface area contributed by atoms with Gasteiger partial charge in [0.1, 0.15) is 5.69 Å². The number of pyridine rings is 1. The average Bonchev–Trinajstić information content (AvgIpc) is 3.36. The third-order valence-electron chi connectivity index (χ3n) is 5.35. The van der Waals surface area contributed by atoms with Crippen LogP contribution in [0, 0.1) is 0 Å². The molecule has 0 radical (unpaired) electrons. The van der Waals surface area contributed by atoms with Crippen molar-refractivity contribution in [1.29, 1.82) is 0 Å². The van der Waals surface area contributed by atoms with Crippen molar-refractivity contribution >= 4 is 27.8 Å². The van der Waals surface area contributed by atoms with Crippen LogP contribution >= 0.6 is 0 Å². The van der Waals surface area contributed by atoms with Crippen molar-refractivity contribution in [1.82, 2.24) is 35.4 Å². The number of aromatic nitrogens is 5. The molecule has 0 unspecified atom stereocenters. The highest BCUT2D eigenvalue weighted by atomic mass is 16.5. The number of amides is 1. The molecule has 1 amide bonds. The highest BCUT2D eigenvalue weighted by molar-refractivity contribution is 6.02. The van der Waals surface area contributed by atoms with Gasteiger partial charge in [-0.25, -0.2) is 4.98 Å². The van der Waals surface area contributed by atoms with E-state index in [0.717, 1.165) is 66.0 Å². The fourth-order valence-corrected chi connectivity index (χ4v) is 3.87. The molecule has 9 nitrogen and oxygen atoms in total. The predicted octanol–water partition coefficient (Wildman–Crippen LogP) is 1.95. The molecule has 154 valence electrons. The molecular formula is C21H23N7O2. The van der Waals surface area contributed by atoms with E-state index in [4.69, 9.17) is 4.74 Å². The number of carbonyl (C=O) groups is 1. The number of rotatable bonds is 5. The molecule has 30 heavy (non-hydrogen) atoms. The van der Waals surface area contributed by atoms with Crippen LogP contribution in [0.15, 0.2) is 36.7 Å². The summed E-state index contributed by atoms with van der Waals surface area (Å²) >= 11 is 0. The Balaban J connectivity index is 1.37. The average molecular weight is 405 g/mol. The lowest BCUT2D eigenvalue weighted by Crippen LogP contribution is -2.46. The molecule has 0 saturated carbocycles. The Kier molecular flexibility index (Phi) is 4.89. The first-order valence-corrected chi connectivity index (χ1v) is 10.1. The first kappa shape index (κ1) is 18.7. The van der Waals surface area contributed by atoms with Crippen LogP contribution in [-0.2, 0) is 4.74 Å². The van der Waals surface area contributed by atoms with E-state index in [1.165, 1.54) is 0 Å². The largest absolute Gasteiger partial charge is 0.379 e. The van der Waals surface area contributed by atoms with Gasteiger partial charge >= 0.3 is 0 Å². The fourth-order valence-electron chi connectivity index (χ4n) is 3.87. The Labute approximate surface area is 172 Å². The number of nitrogens with one attached hydrogen (secondary N) is 3. The van der Waals surface area contributed by atoms with E-state index in [2.05, 4.69) is 35.4 Å². The molecule has 1 aliphatic rings. The normalized spacial score (nSPS) is 16.2. The van der Waals surface area contributed by atoms with E-state index >= 15 is 0 Å². The van der Waals surface area contributed by atoms with Crippen LogP contribution in [0.25, 0.3) is 33.2 Å². The molecular weight excluding hydrogens is 382 g/mol. The minimum Gasteiger partial charge on any atom is -0.379 e. The predicted molar refractivity (Wildman–Crippen MR) is 113 cm³/mol. The summed E-state index contributed by atoms with van der Waals surface area (Å²) in [7, 11) is 0. The first-order chi connectivity index (χ1) is 14.7. The number of benzene rings is 1. The summed E-state index contributed by atoms with van der Waals surface area (Å²) in [6, 6.07) is 7.73. The summed E-state index contributed by atoms with van der Waals surface area (Å²) in [5.41, 5.74) is 4.21. The zero-order valence-corrected chi connectivity index (χ0v) is 16.7. The second-order valence-corrected chi connectivity index (χ2v) is 7.60. The topological polar surface area (TPSA) is 112 Å². The van der Waals surface area contributed by atoms with Crippen molar-refractivity contribution in [3.63, 3.8) is 0 Å². The van der Waals surface area contributed by atoms with Gasteiger partial charge in [0.2, 0.25) is 0 Å². The highest BCUT2D eigenvalue weighted by Crippen LogP contribution is 2.28. The van der Waals surface area contributed by atoms with Gasteiger partial charge in [0, 0.05) is 49.0 Å². The van der Waals surface area contributed by atoms with Crippen molar-refractivity contribution < 1.29 is 9.53 Å². The highest BCUT2D eigenvalue weighted by Gasteiger charge is 2.19. The van der Waals surface area contributed by atoms with Crippen LogP contribution < -0.4 is 5.32 Å². The van der Waals surface area contributed by atoms with Crippen LogP contribution in [0.2, 0.25) is 0 Å². The lowest BCUT2D eigenvalue weighted by molar-refractivity contribution is 0.0342. The van der Waals surface area contributed by atoms with Gasteiger partial charge in [-0.3, -0.25) is 19.8 Å². The first-order valence-electron chi connectivity index (χ1n) is 10.1. The smallest absolute Gasteiger partial charge is 0.287 e. The Morgan fingerprint density at radius 1 is 1.23 bits per heavy atom. The lowest BCUT2D eigenvalue weighted by Gasteiger charge is -2.29.